The molecule has 0 aliphatic carbocycles. The maximum Gasteiger partial charge on any atom is 0.128 e. The van der Waals surface area contributed by atoms with E-state index in [1.54, 1.807) is 13.8 Å². The van der Waals surface area contributed by atoms with Crippen molar-refractivity contribution in [3.05, 3.63) is 0 Å². The molecule has 0 radical (unpaired) electrons. The molecule has 2 saturated heterocycles. The lowest BCUT2D eigenvalue weighted by Gasteiger charge is -2.54. The van der Waals surface area contributed by atoms with Crippen LogP contribution in [0.2, 0.25) is 0 Å². The summed E-state index contributed by atoms with van der Waals surface area (Å²) in [5.74, 6) is 0.347. The van der Waals surface area contributed by atoms with Crippen molar-refractivity contribution in [2.75, 3.05) is 26.3 Å². The maximum absolute atomic E-state index is 9.72. The highest BCUT2D eigenvalue weighted by molar-refractivity contribution is 5.87. The lowest BCUT2D eigenvalue weighted by molar-refractivity contribution is -0.0589. The third-order valence-electron chi connectivity index (χ3n) is 3.50. The number of ether oxygens (including phenoxy) is 1. The van der Waals surface area contributed by atoms with Crippen LogP contribution < -0.4 is 0 Å². The molecule has 2 N–H and O–H groups in total. The summed E-state index contributed by atoms with van der Waals surface area (Å²) in [5, 5.41) is 17.6. The molecule has 1 spiro atoms. The van der Waals surface area contributed by atoms with Crippen molar-refractivity contribution in [2.24, 2.45) is 5.41 Å². The molecule has 15 heavy (non-hydrogen) atoms. The monoisotopic (exact) mass is 212 g/mol. The van der Waals surface area contributed by atoms with Crippen LogP contribution in [0.1, 0.15) is 26.7 Å². The van der Waals surface area contributed by atoms with E-state index >= 15 is 0 Å². The van der Waals surface area contributed by atoms with Crippen LogP contribution in [0.5, 0.6) is 0 Å². The van der Waals surface area contributed by atoms with Gasteiger partial charge in [0.2, 0.25) is 0 Å². The molecule has 2 aliphatic rings. The summed E-state index contributed by atoms with van der Waals surface area (Å²) in [6, 6.07) is 0. The minimum atomic E-state index is -1.01. The van der Waals surface area contributed by atoms with E-state index in [-0.39, 0.29) is 0 Å². The fourth-order valence-electron chi connectivity index (χ4n) is 2.43. The molecule has 0 amide bonds. The Balaban J connectivity index is 1.89. The summed E-state index contributed by atoms with van der Waals surface area (Å²) < 4.78 is 5.34. The van der Waals surface area contributed by atoms with Crippen LogP contribution in [0, 0.1) is 10.8 Å². The molecule has 0 unspecified atom stereocenters. The zero-order valence-corrected chi connectivity index (χ0v) is 9.55. The minimum Gasteiger partial charge on any atom is -0.383 e. The van der Waals surface area contributed by atoms with Crippen LogP contribution in [0.4, 0.5) is 0 Å². The number of likely N-dealkylation sites (tertiary alicyclic amines) is 1. The maximum atomic E-state index is 9.72. The number of rotatable bonds is 1. The van der Waals surface area contributed by atoms with Crippen molar-refractivity contribution < 1.29 is 9.84 Å². The van der Waals surface area contributed by atoms with E-state index in [4.69, 9.17) is 10.1 Å². The second-order valence-corrected chi connectivity index (χ2v) is 5.38. The Bertz CT molecular complexity index is 256. The molecular formula is C11H20N2O2. The third kappa shape index (κ3) is 2.01. The normalized spacial score (nSPS) is 25.1. The summed E-state index contributed by atoms with van der Waals surface area (Å²) in [6.07, 6.45) is 2.20. The van der Waals surface area contributed by atoms with Crippen LogP contribution in [0.15, 0.2) is 0 Å². The van der Waals surface area contributed by atoms with Gasteiger partial charge in [-0.15, -0.1) is 0 Å². The fourth-order valence-corrected chi connectivity index (χ4v) is 2.43. The van der Waals surface area contributed by atoms with E-state index < -0.39 is 5.60 Å². The molecule has 2 aliphatic heterocycles. The molecule has 0 aromatic rings. The van der Waals surface area contributed by atoms with Gasteiger partial charge in [-0.05, 0) is 26.7 Å². The van der Waals surface area contributed by atoms with Crippen molar-refractivity contribution >= 4 is 5.84 Å². The predicted octanol–water partition coefficient (Wildman–Crippen LogP) is 0.847. The summed E-state index contributed by atoms with van der Waals surface area (Å²) >= 11 is 0. The largest absolute Gasteiger partial charge is 0.383 e. The van der Waals surface area contributed by atoms with Crippen molar-refractivity contribution in [3.8, 4) is 0 Å². The smallest absolute Gasteiger partial charge is 0.128 e. The van der Waals surface area contributed by atoms with Crippen LogP contribution in [0.25, 0.3) is 0 Å². The predicted molar refractivity (Wildman–Crippen MR) is 58.1 cm³/mol. The Morgan fingerprint density at radius 2 is 1.87 bits per heavy atom. The van der Waals surface area contributed by atoms with Gasteiger partial charge >= 0.3 is 0 Å². The Morgan fingerprint density at radius 3 is 2.33 bits per heavy atom. The van der Waals surface area contributed by atoms with E-state index in [9.17, 15) is 5.11 Å². The van der Waals surface area contributed by atoms with Gasteiger partial charge in [0, 0.05) is 31.7 Å². The SMILES string of the molecule is CC(C)(O)C(=N)N1CC2(CCOCC2)C1. The van der Waals surface area contributed by atoms with Crippen LogP contribution in [-0.4, -0.2) is 47.7 Å². The Hall–Kier alpha value is -0.610. The number of amidine groups is 1. The first kappa shape index (κ1) is 10.9. The molecule has 2 heterocycles. The Morgan fingerprint density at radius 1 is 1.33 bits per heavy atom. The first-order chi connectivity index (χ1) is 6.93. The highest BCUT2D eigenvalue weighted by atomic mass is 16.5. The van der Waals surface area contributed by atoms with Crippen molar-refractivity contribution in [1.82, 2.24) is 4.90 Å². The number of hydrogen-bond donors (Lipinski definition) is 2. The van der Waals surface area contributed by atoms with Crippen LogP contribution >= 0.6 is 0 Å². The molecule has 0 aromatic carbocycles. The van der Waals surface area contributed by atoms with Gasteiger partial charge in [-0.1, -0.05) is 0 Å². The lowest BCUT2D eigenvalue weighted by atomic mass is 9.73. The molecule has 2 fully saturated rings. The number of aliphatic hydroxyl groups is 1. The van der Waals surface area contributed by atoms with Gasteiger partial charge in [0.15, 0.2) is 0 Å². The van der Waals surface area contributed by atoms with E-state index in [1.165, 1.54) is 0 Å². The third-order valence-corrected chi connectivity index (χ3v) is 3.50. The zero-order valence-electron chi connectivity index (χ0n) is 9.55. The second-order valence-electron chi connectivity index (χ2n) is 5.38. The Labute approximate surface area is 90.7 Å². The topological polar surface area (TPSA) is 56.5 Å². The zero-order chi connectivity index (χ0) is 11.1. The van der Waals surface area contributed by atoms with Gasteiger partial charge in [0.25, 0.3) is 0 Å². The highest BCUT2D eigenvalue weighted by Crippen LogP contribution is 2.40. The lowest BCUT2D eigenvalue weighted by Crippen LogP contribution is -2.63. The van der Waals surface area contributed by atoms with E-state index in [0.717, 1.165) is 39.1 Å². The quantitative estimate of drug-likeness (QED) is 0.500. The molecule has 0 bridgehead atoms. The summed E-state index contributed by atoms with van der Waals surface area (Å²) in [7, 11) is 0. The average molecular weight is 212 g/mol. The van der Waals surface area contributed by atoms with Gasteiger partial charge < -0.3 is 14.7 Å². The fraction of sp³-hybridized carbons (Fsp3) is 0.909. The summed E-state index contributed by atoms with van der Waals surface area (Å²) in [4.78, 5) is 1.98. The van der Waals surface area contributed by atoms with Gasteiger partial charge in [-0.2, -0.15) is 0 Å². The summed E-state index contributed by atoms with van der Waals surface area (Å²) in [6.45, 7) is 6.88. The van der Waals surface area contributed by atoms with E-state index in [2.05, 4.69) is 0 Å². The standard InChI is InChI=1S/C11H20N2O2/c1-10(2,14)9(12)13-7-11(8-13)3-5-15-6-4-11/h12,14H,3-8H2,1-2H3. The first-order valence-corrected chi connectivity index (χ1v) is 5.57. The Kier molecular flexibility index (Phi) is 2.51. The van der Waals surface area contributed by atoms with Gasteiger partial charge in [0.05, 0.1) is 0 Å². The van der Waals surface area contributed by atoms with Crippen molar-refractivity contribution in [1.29, 1.82) is 5.41 Å². The van der Waals surface area contributed by atoms with Gasteiger partial charge in [0.1, 0.15) is 11.4 Å². The van der Waals surface area contributed by atoms with Gasteiger partial charge in [-0.25, -0.2) is 0 Å². The first-order valence-electron chi connectivity index (χ1n) is 5.57. The second kappa shape index (κ2) is 3.46. The molecule has 4 nitrogen and oxygen atoms in total. The molecule has 0 atom stereocenters. The molecule has 0 saturated carbocycles. The molecule has 4 heteroatoms. The minimum absolute atomic E-state index is 0.347. The number of nitrogens with zero attached hydrogens (tertiary/aromatic N) is 1. The van der Waals surface area contributed by atoms with E-state index in [1.807, 2.05) is 4.90 Å². The molecule has 2 rings (SSSR count). The summed E-state index contributed by atoms with van der Waals surface area (Å²) in [5.41, 5.74) is -0.636. The molecule has 0 aromatic heterocycles. The van der Waals surface area contributed by atoms with Crippen molar-refractivity contribution in [2.45, 2.75) is 32.3 Å². The average Bonchev–Trinajstić information content (AvgIpc) is 2.13. The van der Waals surface area contributed by atoms with Crippen LogP contribution in [-0.2, 0) is 4.74 Å². The molecular weight excluding hydrogens is 192 g/mol. The number of nitrogens with one attached hydrogen (secondary N) is 1. The van der Waals surface area contributed by atoms with Crippen LogP contribution in [0.3, 0.4) is 0 Å². The highest BCUT2D eigenvalue weighted by Gasteiger charge is 2.46. The van der Waals surface area contributed by atoms with Crippen molar-refractivity contribution in [3.63, 3.8) is 0 Å². The van der Waals surface area contributed by atoms with E-state index in [0.29, 0.717) is 11.3 Å². The van der Waals surface area contributed by atoms with Gasteiger partial charge in [-0.3, -0.25) is 5.41 Å². The molecule has 86 valence electrons. The number of hydrogen-bond acceptors (Lipinski definition) is 3.